The highest BCUT2D eigenvalue weighted by Crippen LogP contribution is 2.21. The molecule has 1 amide bonds. The molecule has 3 rings (SSSR count). The SMILES string of the molecule is CC(C)c1ccc(S(=O)(=O)NNC(=O)Cc2nc(-c3ccccc3)cs2)cc1. The molecule has 0 saturated heterocycles. The average Bonchev–Trinajstić information content (AvgIpc) is 3.16. The van der Waals surface area contributed by atoms with E-state index in [2.05, 4.69) is 15.2 Å². The van der Waals surface area contributed by atoms with Gasteiger partial charge < -0.3 is 0 Å². The first-order valence-corrected chi connectivity index (χ1v) is 11.1. The number of carbonyl (C=O) groups excluding carboxylic acids is 1. The summed E-state index contributed by atoms with van der Waals surface area (Å²) in [6.07, 6.45) is -0.00763. The summed E-state index contributed by atoms with van der Waals surface area (Å²) >= 11 is 1.36. The summed E-state index contributed by atoms with van der Waals surface area (Å²) in [7, 11) is -3.83. The van der Waals surface area contributed by atoms with Gasteiger partial charge in [0.15, 0.2) is 0 Å². The Kier molecular flexibility index (Phi) is 6.23. The molecule has 146 valence electrons. The van der Waals surface area contributed by atoms with Gasteiger partial charge in [-0.2, -0.15) is 0 Å². The van der Waals surface area contributed by atoms with Crippen LogP contribution in [0.1, 0.15) is 30.3 Å². The van der Waals surface area contributed by atoms with Crippen LogP contribution in [0.3, 0.4) is 0 Å². The lowest BCUT2D eigenvalue weighted by Gasteiger charge is -2.09. The Bertz CT molecular complexity index is 1040. The van der Waals surface area contributed by atoms with Gasteiger partial charge in [-0.05, 0) is 23.6 Å². The molecule has 28 heavy (non-hydrogen) atoms. The number of hydrazine groups is 1. The van der Waals surface area contributed by atoms with E-state index in [1.807, 2.05) is 49.6 Å². The van der Waals surface area contributed by atoms with Gasteiger partial charge in [-0.15, -0.1) is 16.2 Å². The number of carbonyl (C=O) groups is 1. The van der Waals surface area contributed by atoms with E-state index < -0.39 is 15.9 Å². The van der Waals surface area contributed by atoms with Gasteiger partial charge in [0.25, 0.3) is 10.0 Å². The van der Waals surface area contributed by atoms with Crippen molar-refractivity contribution >= 4 is 27.3 Å². The van der Waals surface area contributed by atoms with Crippen molar-refractivity contribution in [3.05, 3.63) is 70.5 Å². The molecule has 1 heterocycles. The van der Waals surface area contributed by atoms with Crippen LogP contribution in [0.2, 0.25) is 0 Å². The van der Waals surface area contributed by atoms with Gasteiger partial charge in [-0.3, -0.25) is 10.2 Å². The lowest BCUT2D eigenvalue weighted by Crippen LogP contribution is -2.42. The average molecular weight is 416 g/mol. The molecule has 0 atom stereocenters. The normalized spacial score (nSPS) is 11.5. The van der Waals surface area contributed by atoms with E-state index in [1.165, 1.54) is 23.5 Å². The van der Waals surface area contributed by atoms with E-state index in [1.54, 1.807) is 12.1 Å². The van der Waals surface area contributed by atoms with Crippen LogP contribution >= 0.6 is 11.3 Å². The van der Waals surface area contributed by atoms with Crippen LogP contribution in [0, 0.1) is 0 Å². The molecule has 2 N–H and O–H groups in total. The number of rotatable bonds is 7. The van der Waals surface area contributed by atoms with Gasteiger partial charge in [0.1, 0.15) is 5.01 Å². The topological polar surface area (TPSA) is 88.2 Å². The molecule has 0 spiro atoms. The van der Waals surface area contributed by atoms with E-state index in [-0.39, 0.29) is 11.3 Å². The molecule has 0 aliphatic heterocycles. The third-order valence-corrected chi connectivity index (χ3v) is 6.23. The molecule has 6 nitrogen and oxygen atoms in total. The van der Waals surface area contributed by atoms with Gasteiger partial charge in [0, 0.05) is 10.9 Å². The van der Waals surface area contributed by atoms with Gasteiger partial charge in [-0.25, -0.2) is 13.4 Å². The Hall–Kier alpha value is -2.55. The zero-order valence-electron chi connectivity index (χ0n) is 15.5. The number of aromatic nitrogens is 1. The van der Waals surface area contributed by atoms with Gasteiger partial charge in [-0.1, -0.05) is 56.3 Å². The summed E-state index contributed by atoms with van der Waals surface area (Å²) in [5.41, 5.74) is 5.05. The maximum atomic E-state index is 12.3. The predicted molar refractivity (Wildman–Crippen MR) is 110 cm³/mol. The number of benzene rings is 2. The molecule has 1 aromatic heterocycles. The lowest BCUT2D eigenvalue weighted by atomic mass is 10.0. The summed E-state index contributed by atoms with van der Waals surface area (Å²) in [6.45, 7) is 4.06. The minimum Gasteiger partial charge on any atom is -0.277 e. The summed E-state index contributed by atoms with van der Waals surface area (Å²) in [5.74, 6) is -0.167. The molecule has 2 aromatic carbocycles. The maximum absolute atomic E-state index is 12.3. The molecular formula is C20H21N3O3S2. The van der Waals surface area contributed by atoms with Crippen molar-refractivity contribution < 1.29 is 13.2 Å². The Morgan fingerprint density at radius 1 is 1.07 bits per heavy atom. The number of amides is 1. The standard InChI is InChI=1S/C20H21N3O3S2/c1-14(2)15-8-10-17(11-9-15)28(25,26)23-22-19(24)12-20-21-18(13-27-20)16-6-4-3-5-7-16/h3-11,13-14,23H,12H2,1-2H3,(H,22,24). The van der Waals surface area contributed by atoms with Crippen molar-refractivity contribution in [3.8, 4) is 11.3 Å². The second-order valence-corrected chi connectivity index (χ2v) is 9.17. The molecule has 0 radical (unpaired) electrons. The van der Waals surface area contributed by atoms with Crippen LogP contribution in [0.4, 0.5) is 0 Å². The van der Waals surface area contributed by atoms with E-state index in [4.69, 9.17) is 0 Å². The first-order chi connectivity index (χ1) is 13.3. The van der Waals surface area contributed by atoms with E-state index in [9.17, 15) is 13.2 Å². The number of hydrogen-bond acceptors (Lipinski definition) is 5. The first-order valence-electron chi connectivity index (χ1n) is 8.75. The van der Waals surface area contributed by atoms with Crippen LogP contribution in [0.15, 0.2) is 64.9 Å². The molecule has 8 heteroatoms. The van der Waals surface area contributed by atoms with Crippen molar-refractivity contribution in [3.63, 3.8) is 0 Å². The number of sulfonamides is 1. The van der Waals surface area contributed by atoms with Crippen molar-refractivity contribution in [2.75, 3.05) is 0 Å². The summed E-state index contributed by atoms with van der Waals surface area (Å²) in [4.78, 5) is 18.8. The molecule has 0 bridgehead atoms. The Labute approximate surface area is 168 Å². The Morgan fingerprint density at radius 2 is 1.75 bits per heavy atom. The summed E-state index contributed by atoms with van der Waals surface area (Å²) in [5, 5.41) is 2.48. The fourth-order valence-corrected chi connectivity index (χ4v) is 4.19. The van der Waals surface area contributed by atoms with Gasteiger partial charge in [0.05, 0.1) is 17.0 Å². The van der Waals surface area contributed by atoms with Crippen LogP contribution in [-0.4, -0.2) is 19.3 Å². The van der Waals surface area contributed by atoms with Crippen molar-refractivity contribution in [2.45, 2.75) is 31.1 Å². The minimum absolute atomic E-state index is 0.00763. The highest BCUT2D eigenvalue weighted by molar-refractivity contribution is 7.89. The molecule has 3 aromatic rings. The second kappa shape index (κ2) is 8.64. The predicted octanol–water partition coefficient (Wildman–Crippen LogP) is 3.49. The fraction of sp³-hybridized carbons (Fsp3) is 0.200. The van der Waals surface area contributed by atoms with Crippen LogP contribution in [0.25, 0.3) is 11.3 Å². The number of thiazole rings is 1. The smallest absolute Gasteiger partial charge is 0.257 e. The quantitative estimate of drug-likeness (QED) is 0.578. The van der Waals surface area contributed by atoms with Gasteiger partial charge in [0.2, 0.25) is 5.91 Å². The Morgan fingerprint density at radius 3 is 2.39 bits per heavy atom. The van der Waals surface area contributed by atoms with E-state index in [0.29, 0.717) is 10.9 Å². The zero-order chi connectivity index (χ0) is 20.1. The third kappa shape index (κ3) is 5.03. The third-order valence-electron chi connectivity index (χ3n) is 4.11. The lowest BCUT2D eigenvalue weighted by molar-refractivity contribution is -0.120. The maximum Gasteiger partial charge on any atom is 0.257 e. The van der Waals surface area contributed by atoms with Crippen LogP contribution in [0.5, 0.6) is 0 Å². The Balaban J connectivity index is 1.58. The number of hydrogen-bond donors (Lipinski definition) is 2. The van der Waals surface area contributed by atoms with Crippen LogP contribution < -0.4 is 10.3 Å². The largest absolute Gasteiger partial charge is 0.277 e. The molecule has 0 saturated carbocycles. The van der Waals surface area contributed by atoms with Crippen LogP contribution in [-0.2, 0) is 21.2 Å². The second-order valence-electron chi connectivity index (χ2n) is 6.55. The highest BCUT2D eigenvalue weighted by Gasteiger charge is 2.16. The molecule has 0 aliphatic carbocycles. The first kappa shape index (κ1) is 20.2. The van der Waals surface area contributed by atoms with E-state index in [0.717, 1.165) is 16.8 Å². The van der Waals surface area contributed by atoms with Crippen molar-refractivity contribution in [2.24, 2.45) is 0 Å². The number of nitrogens with one attached hydrogen (secondary N) is 2. The highest BCUT2D eigenvalue weighted by atomic mass is 32.2. The summed E-state index contributed by atoms with van der Waals surface area (Å²) in [6, 6.07) is 16.2. The molecule has 0 fully saturated rings. The minimum atomic E-state index is -3.83. The molecule has 0 aliphatic rings. The molecular weight excluding hydrogens is 394 g/mol. The van der Waals surface area contributed by atoms with E-state index >= 15 is 0 Å². The van der Waals surface area contributed by atoms with Crippen molar-refractivity contribution in [1.29, 1.82) is 0 Å². The monoisotopic (exact) mass is 415 g/mol. The van der Waals surface area contributed by atoms with Gasteiger partial charge >= 0.3 is 0 Å². The van der Waals surface area contributed by atoms with Crippen molar-refractivity contribution in [1.82, 2.24) is 15.2 Å². The zero-order valence-corrected chi connectivity index (χ0v) is 17.2. The molecule has 0 unspecified atom stereocenters. The fourth-order valence-electron chi connectivity index (χ4n) is 2.53. The number of nitrogens with zero attached hydrogens (tertiary/aromatic N) is 1. The summed E-state index contributed by atoms with van der Waals surface area (Å²) < 4.78 is 24.6.